The van der Waals surface area contributed by atoms with Gasteiger partial charge in [0.1, 0.15) is 12.7 Å². The van der Waals surface area contributed by atoms with Crippen LogP contribution in [-0.2, 0) is 10.2 Å². The predicted octanol–water partition coefficient (Wildman–Crippen LogP) is 1.89. The first kappa shape index (κ1) is 15.3. The number of para-hydroxylation sites is 3. The van der Waals surface area contributed by atoms with Crippen molar-refractivity contribution in [3.8, 4) is 11.5 Å². The second-order valence-electron chi connectivity index (χ2n) is 5.77. The van der Waals surface area contributed by atoms with Gasteiger partial charge in [-0.15, -0.1) is 0 Å². The van der Waals surface area contributed by atoms with Crippen molar-refractivity contribution in [2.24, 2.45) is 0 Å². The Morgan fingerprint density at radius 2 is 1.67 bits per heavy atom. The second-order valence-corrected chi connectivity index (χ2v) is 7.62. The van der Waals surface area contributed by atoms with Gasteiger partial charge in [0.2, 0.25) is 0 Å². The van der Waals surface area contributed by atoms with Gasteiger partial charge in [-0.25, -0.2) is 0 Å². The summed E-state index contributed by atoms with van der Waals surface area (Å²) in [6, 6.07) is 16.6. The van der Waals surface area contributed by atoms with Crippen LogP contribution in [0.3, 0.4) is 0 Å². The Labute approximate surface area is 141 Å². The van der Waals surface area contributed by atoms with E-state index in [9.17, 15) is 8.42 Å². The first-order valence-electron chi connectivity index (χ1n) is 7.86. The van der Waals surface area contributed by atoms with Crippen LogP contribution in [0.1, 0.15) is 0 Å². The van der Waals surface area contributed by atoms with Gasteiger partial charge in [-0.1, -0.05) is 30.3 Å². The fraction of sp³-hybridized carbons (Fsp3) is 0.294. The standard InChI is InChI=1S/C17H18N2O4S/c20-24(21)18(10-11-19(24)14-6-2-1-3-7-14)12-15-13-22-16-8-4-5-9-17(16)23-15/h1-9,15H,10-13H2. The molecule has 7 heteroatoms. The van der Waals surface area contributed by atoms with Gasteiger partial charge in [-0.3, -0.25) is 4.31 Å². The average molecular weight is 346 g/mol. The van der Waals surface area contributed by atoms with Gasteiger partial charge in [-0.05, 0) is 24.3 Å². The summed E-state index contributed by atoms with van der Waals surface area (Å²) < 4.78 is 40.0. The molecule has 0 saturated carbocycles. The van der Waals surface area contributed by atoms with E-state index in [0.717, 1.165) is 0 Å². The van der Waals surface area contributed by atoms with Crippen molar-refractivity contribution in [1.82, 2.24) is 4.31 Å². The van der Waals surface area contributed by atoms with E-state index in [-0.39, 0.29) is 12.6 Å². The summed E-state index contributed by atoms with van der Waals surface area (Å²) >= 11 is 0. The lowest BCUT2D eigenvalue weighted by atomic mass is 10.2. The summed E-state index contributed by atoms with van der Waals surface area (Å²) in [4.78, 5) is 0. The largest absolute Gasteiger partial charge is 0.486 e. The fourth-order valence-electron chi connectivity index (χ4n) is 2.99. The Balaban J connectivity index is 1.49. The quantitative estimate of drug-likeness (QED) is 0.852. The van der Waals surface area contributed by atoms with Crippen LogP contribution in [0.4, 0.5) is 5.69 Å². The zero-order valence-electron chi connectivity index (χ0n) is 13.0. The maximum atomic E-state index is 12.8. The molecule has 1 saturated heterocycles. The van der Waals surface area contributed by atoms with Crippen molar-refractivity contribution in [2.75, 3.05) is 30.5 Å². The van der Waals surface area contributed by atoms with Crippen LogP contribution < -0.4 is 13.8 Å². The van der Waals surface area contributed by atoms with E-state index < -0.39 is 10.2 Å². The van der Waals surface area contributed by atoms with Crippen molar-refractivity contribution in [3.05, 3.63) is 54.6 Å². The second kappa shape index (κ2) is 5.99. The van der Waals surface area contributed by atoms with Crippen LogP contribution in [0.25, 0.3) is 0 Å². The lowest BCUT2D eigenvalue weighted by Gasteiger charge is -2.29. The summed E-state index contributed by atoms with van der Waals surface area (Å²) in [5.74, 6) is 1.36. The molecule has 1 atom stereocenters. The molecule has 0 aromatic heterocycles. The maximum Gasteiger partial charge on any atom is 0.304 e. The molecule has 2 aliphatic rings. The van der Waals surface area contributed by atoms with E-state index in [2.05, 4.69) is 0 Å². The summed E-state index contributed by atoms with van der Waals surface area (Å²) in [5.41, 5.74) is 0.686. The molecule has 24 heavy (non-hydrogen) atoms. The van der Waals surface area contributed by atoms with E-state index in [1.54, 1.807) is 12.1 Å². The lowest BCUT2D eigenvalue weighted by Crippen LogP contribution is -2.43. The monoisotopic (exact) mass is 346 g/mol. The third-order valence-corrected chi connectivity index (χ3v) is 6.11. The molecule has 2 aromatic carbocycles. The number of anilines is 1. The number of hydrogen-bond acceptors (Lipinski definition) is 4. The van der Waals surface area contributed by atoms with E-state index in [1.807, 2.05) is 42.5 Å². The first-order valence-corrected chi connectivity index (χ1v) is 9.25. The van der Waals surface area contributed by atoms with Crippen LogP contribution >= 0.6 is 0 Å². The molecule has 0 aliphatic carbocycles. The molecule has 6 nitrogen and oxygen atoms in total. The Hall–Kier alpha value is -2.25. The molecule has 0 amide bonds. The Morgan fingerprint density at radius 1 is 0.958 bits per heavy atom. The predicted molar refractivity (Wildman–Crippen MR) is 90.6 cm³/mol. The van der Waals surface area contributed by atoms with Crippen molar-refractivity contribution in [2.45, 2.75) is 6.10 Å². The molecule has 0 spiro atoms. The highest BCUT2D eigenvalue weighted by molar-refractivity contribution is 7.90. The summed E-state index contributed by atoms with van der Waals surface area (Å²) in [7, 11) is -3.53. The molecule has 0 radical (unpaired) electrons. The number of rotatable bonds is 3. The minimum atomic E-state index is -3.53. The molecule has 2 aromatic rings. The molecule has 0 N–H and O–H groups in total. The Bertz CT molecular complexity index is 825. The van der Waals surface area contributed by atoms with Gasteiger partial charge in [0.05, 0.1) is 12.2 Å². The van der Waals surface area contributed by atoms with Gasteiger partial charge in [-0.2, -0.15) is 12.7 Å². The zero-order chi connectivity index (χ0) is 16.6. The minimum absolute atomic E-state index is 0.278. The van der Waals surface area contributed by atoms with Gasteiger partial charge < -0.3 is 9.47 Å². The molecule has 1 fully saturated rings. The average Bonchev–Trinajstić information content (AvgIpc) is 2.90. The molecular formula is C17H18N2O4S. The fourth-order valence-corrected chi connectivity index (χ4v) is 4.64. The highest BCUT2D eigenvalue weighted by atomic mass is 32.2. The van der Waals surface area contributed by atoms with Crippen LogP contribution in [0.15, 0.2) is 54.6 Å². The number of nitrogens with zero attached hydrogens (tertiary/aromatic N) is 2. The molecule has 1 unspecified atom stereocenters. The van der Waals surface area contributed by atoms with E-state index in [0.29, 0.717) is 36.9 Å². The van der Waals surface area contributed by atoms with E-state index >= 15 is 0 Å². The Kier molecular flexibility index (Phi) is 3.82. The third-order valence-electron chi connectivity index (χ3n) is 4.18. The van der Waals surface area contributed by atoms with Crippen LogP contribution in [0.2, 0.25) is 0 Å². The summed E-state index contributed by atoms with van der Waals surface area (Å²) in [6.07, 6.45) is -0.314. The van der Waals surface area contributed by atoms with E-state index in [4.69, 9.17) is 9.47 Å². The summed E-state index contributed by atoms with van der Waals surface area (Å²) in [6.45, 7) is 1.50. The lowest BCUT2D eigenvalue weighted by molar-refractivity contribution is 0.0780. The molecular weight excluding hydrogens is 328 g/mol. The van der Waals surface area contributed by atoms with Crippen molar-refractivity contribution >= 4 is 15.9 Å². The third kappa shape index (κ3) is 2.70. The number of fused-ring (bicyclic) bond motifs is 1. The van der Waals surface area contributed by atoms with Crippen LogP contribution in [-0.4, -0.2) is 45.1 Å². The highest BCUT2D eigenvalue weighted by Gasteiger charge is 2.39. The van der Waals surface area contributed by atoms with Crippen molar-refractivity contribution < 1.29 is 17.9 Å². The van der Waals surface area contributed by atoms with Gasteiger partial charge in [0.25, 0.3) is 0 Å². The number of hydrogen-bond donors (Lipinski definition) is 0. The van der Waals surface area contributed by atoms with Crippen LogP contribution in [0, 0.1) is 0 Å². The van der Waals surface area contributed by atoms with Gasteiger partial charge in [0.15, 0.2) is 11.5 Å². The minimum Gasteiger partial charge on any atom is -0.486 e. The molecule has 2 heterocycles. The smallest absolute Gasteiger partial charge is 0.304 e. The molecule has 126 valence electrons. The highest BCUT2D eigenvalue weighted by Crippen LogP contribution is 2.32. The van der Waals surface area contributed by atoms with Crippen LogP contribution in [0.5, 0.6) is 11.5 Å². The normalized spacial score (nSPS) is 22.5. The number of ether oxygens (including phenoxy) is 2. The SMILES string of the molecule is O=S1(=O)N(CC2COc3ccccc3O2)CCN1c1ccccc1. The first-order chi connectivity index (χ1) is 11.6. The summed E-state index contributed by atoms with van der Waals surface area (Å²) in [5, 5.41) is 0. The van der Waals surface area contributed by atoms with E-state index in [1.165, 1.54) is 8.61 Å². The topological polar surface area (TPSA) is 59.1 Å². The Morgan fingerprint density at radius 3 is 2.46 bits per heavy atom. The van der Waals surface area contributed by atoms with Crippen molar-refractivity contribution in [3.63, 3.8) is 0 Å². The number of benzene rings is 2. The molecule has 0 bridgehead atoms. The molecule has 4 rings (SSSR count). The maximum absolute atomic E-state index is 12.8. The van der Waals surface area contributed by atoms with Gasteiger partial charge >= 0.3 is 10.2 Å². The van der Waals surface area contributed by atoms with Crippen molar-refractivity contribution in [1.29, 1.82) is 0 Å². The van der Waals surface area contributed by atoms with Gasteiger partial charge in [0, 0.05) is 13.1 Å². The molecule has 2 aliphatic heterocycles. The zero-order valence-corrected chi connectivity index (χ0v) is 13.9.